The molecule has 1 atom stereocenters. The molecule has 0 saturated heterocycles. The molecule has 0 radical (unpaired) electrons. The molecular weight excluding hydrogens is 249 g/mol. The van der Waals surface area contributed by atoms with Gasteiger partial charge in [0.05, 0.1) is 0 Å². The lowest BCUT2D eigenvalue weighted by atomic mass is 9.83. The molecule has 2 heteroatoms. The van der Waals surface area contributed by atoms with Crippen LogP contribution in [0.4, 0.5) is 4.39 Å². The highest BCUT2D eigenvalue weighted by Crippen LogP contribution is 2.28. The van der Waals surface area contributed by atoms with Crippen LogP contribution in [-0.2, 0) is 12.0 Å². The molecule has 0 aliphatic rings. The zero-order chi connectivity index (χ0) is 14.9. The van der Waals surface area contributed by atoms with E-state index in [1.807, 2.05) is 13.0 Å². The van der Waals surface area contributed by atoms with Gasteiger partial charge < -0.3 is 5.73 Å². The van der Waals surface area contributed by atoms with E-state index in [-0.39, 0.29) is 5.82 Å². The fraction of sp³-hybridized carbons (Fsp3) is 0.333. The molecule has 1 unspecified atom stereocenters. The average Bonchev–Trinajstić information content (AvgIpc) is 2.34. The lowest BCUT2D eigenvalue weighted by Crippen LogP contribution is -2.37. The van der Waals surface area contributed by atoms with Crippen LogP contribution in [0.2, 0.25) is 0 Å². The van der Waals surface area contributed by atoms with Crippen LogP contribution in [0.1, 0.15) is 34.7 Å². The highest BCUT2D eigenvalue weighted by atomic mass is 19.1. The second-order valence-electron chi connectivity index (χ2n) is 5.95. The standard InChI is InChI=1S/C18H22FN/c1-12-9-13(2)15(14(3)10-12)11-18(4,20)16-7-5-6-8-17(16)19/h5-10H,11,20H2,1-4H3. The summed E-state index contributed by atoms with van der Waals surface area (Å²) in [6.07, 6.45) is 0.631. The van der Waals surface area contributed by atoms with Crippen molar-refractivity contribution in [3.8, 4) is 0 Å². The molecule has 0 aliphatic heterocycles. The molecule has 20 heavy (non-hydrogen) atoms. The predicted molar refractivity (Wildman–Crippen MR) is 82.3 cm³/mol. The van der Waals surface area contributed by atoms with E-state index in [1.54, 1.807) is 12.1 Å². The minimum Gasteiger partial charge on any atom is -0.321 e. The van der Waals surface area contributed by atoms with E-state index in [0.29, 0.717) is 12.0 Å². The summed E-state index contributed by atoms with van der Waals surface area (Å²) in [4.78, 5) is 0. The van der Waals surface area contributed by atoms with Gasteiger partial charge in [-0.25, -0.2) is 4.39 Å². The molecule has 0 amide bonds. The molecule has 0 spiro atoms. The topological polar surface area (TPSA) is 26.0 Å². The van der Waals surface area contributed by atoms with Crippen LogP contribution in [0.25, 0.3) is 0 Å². The number of hydrogen-bond donors (Lipinski definition) is 1. The first-order chi connectivity index (χ1) is 9.31. The third-order valence-electron chi connectivity index (χ3n) is 3.87. The molecule has 2 N–H and O–H groups in total. The fourth-order valence-electron chi connectivity index (χ4n) is 2.88. The van der Waals surface area contributed by atoms with Gasteiger partial charge in [-0.1, -0.05) is 35.9 Å². The molecule has 2 rings (SSSR count). The van der Waals surface area contributed by atoms with Gasteiger partial charge >= 0.3 is 0 Å². The zero-order valence-electron chi connectivity index (χ0n) is 12.6. The van der Waals surface area contributed by atoms with Gasteiger partial charge in [-0.15, -0.1) is 0 Å². The maximum Gasteiger partial charge on any atom is 0.128 e. The van der Waals surface area contributed by atoms with Crippen molar-refractivity contribution < 1.29 is 4.39 Å². The van der Waals surface area contributed by atoms with Crippen molar-refractivity contribution in [2.24, 2.45) is 5.73 Å². The normalized spacial score (nSPS) is 14.1. The molecule has 0 fully saturated rings. The second-order valence-corrected chi connectivity index (χ2v) is 5.95. The Kier molecular flexibility index (Phi) is 3.96. The van der Waals surface area contributed by atoms with Gasteiger partial charge in [0, 0.05) is 11.1 Å². The van der Waals surface area contributed by atoms with Crippen molar-refractivity contribution in [1.29, 1.82) is 0 Å². The number of nitrogens with two attached hydrogens (primary N) is 1. The Morgan fingerprint density at radius 2 is 1.60 bits per heavy atom. The van der Waals surface area contributed by atoms with Gasteiger partial charge in [0.2, 0.25) is 0 Å². The van der Waals surface area contributed by atoms with E-state index >= 15 is 0 Å². The van der Waals surface area contributed by atoms with Crippen LogP contribution in [0.5, 0.6) is 0 Å². The highest BCUT2D eigenvalue weighted by Gasteiger charge is 2.26. The lowest BCUT2D eigenvalue weighted by Gasteiger charge is -2.27. The smallest absolute Gasteiger partial charge is 0.128 e. The first-order valence-electron chi connectivity index (χ1n) is 6.92. The summed E-state index contributed by atoms with van der Waals surface area (Å²) >= 11 is 0. The summed E-state index contributed by atoms with van der Waals surface area (Å²) < 4.78 is 14.0. The van der Waals surface area contributed by atoms with Crippen LogP contribution in [0.15, 0.2) is 36.4 Å². The third-order valence-corrected chi connectivity index (χ3v) is 3.87. The minimum absolute atomic E-state index is 0.236. The van der Waals surface area contributed by atoms with E-state index < -0.39 is 5.54 Å². The minimum atomic E-state index is -0.712. The molecule has 0 heterocycles. The molecule has 106 valence electrons. The van der Waals surface area contributed by atoms with Gasteiger partial charge in [-0.2, -0.15) is 0 Å². The van der Waals surface area contributed by atoms with Crippen LogP contribution in [-0.4, -0.2) is 0 Å². The number of benzene rings is 2. The molecule has 0 aromatic heterocycles. The van der Waals surface area contributed by atoms with E-state index in [2.05, 4.69) is 32.9 Å². The number of hydrogen-bond acceptors (Lipinski definition) is 1. The molecule has 0 bridgehead atoms. The van der Waals surface area contributed by atoms with Crippen molar-refractivity contribution in [3.05, 3.63) is 70.0 Å². The maximum absolute atomic E-state index is 14.0. The van der Waals surface area contributed by atoms with E-state index in [4.69, 9.17) is 5.73 Å². The summed E-state index contributed by atoms with van der Waals surface area (Å²) in [5, 5.41) is 0. The van der Waals surface area contributed by atoms with Gasteiger partial charge in [-0.3, -0.25) is 0 Å². The highest BCUT2D eigenvalue weighted by molar-refractivity contribution is 5.40. The predicted octanol–water partition coefficient (Wildman–Crippen LogP) is 4.17. The summed E-state index contributed by atoms with van der Waals surface area (Å²) in [5.74, 6) is -0.236. The summed E-state index contributed by atoms with van der Waals surface area (Å²) in [6, 6.07) is 11.1. The average molecular weight is 271 g/mol. The van der Waals surface area contributed by atoms with Gasteiger partial charge in [0.15, 0.2) is 0 Å². The molecule has 2 aromatic carbocycles. The van der Waals surface area contributed by atoms with E-state index in [1.165, 1.54) is 28.3 Å². The monoisotopic (exact) mass is 271 g/mol. The molecule has 2 aromatic rings. The summed E-state index contributed by atoms with van der Waals surface area (Å²) in [7, 11) is 0. The first kappa shape index (κ1) is 14.7. The molecule has 1 nitrogen and oxygen atoms in total. The van der Waals surface area contributed by atoms with Crippen molar-refractivity contribution in [3.63, 3.8) is 0 Å². The van der Waals surface area contributed by atoms with Crippen molar-refractivity contribution in [2.75, 3.05) is 0 Å². The Balaban J connectivity index is 2.41. The SMILES string of the molecule is Cc1cc(C)c(CC(C)(N)c2ccccc2F)c(C)c1. The van der Waals surface area contributed by atoms with Crippen LogP contribution >= 0.6 is 0 Å². The van der Waals surface area contributed by atoms with E-state index in [0.717, 1.165) is 0 Å². The lowest BCUT2D eigenvalue weighted by molar-refractivity contribution is 0.455. The number of rotatable bonds is 3. The number of halogens is 1. The Morgan fingerprint density at radius 1 is 1.05 bits per heavy atom. The fourth-order valence-corrected chi connectivity index (χ4v) is 2.88. The second kappa shape index (κ2) is 5.37. The van der Waals surface area contributed by atoms with Crippen LogP contribution in [0, 0.1) is 26.6 Å². The molecular formula is C18H22FN. The first-order valence-corrected chi connectivity index (χ1v) is 6.92. The summed E-state index contributed by atoms with van der Waals surface area (Å²) in [5.41, 5.74) is 11.2. The van der Waals surface area contributed by atoms with Crippen molar-refractivity contribution in [2.45, 2.75) is 39.7 Å². The zero-order valence-corrected chi connectivity index (χ0v) is 12.6. The quantitative estimate of drug-likeness (QED) is 0.891. The number of aryl methyl sites for hydroxylation is 3. The Labute approximate surface area is 120 Å². The Morgan fingerprint density at radius 3 is 2.15 bits per heavy atom. The molecule has 0 aliphatic carbocycles. The van der Waals surface area contributed by atoms with Gasteiger partial charge in [-0.05, 0) is 56.9 Å². The third kappa shape index (κ3) is 2.91. The van der Waals surface area contributed by atoms with Crippen LogP contribution in [0.3, 0.4) is 0 Å². The van der Waals surface area contributed by atoms with Crippen molar-refractivity contribution in [1.82, 2.24) is 0 Å². The van der Waals surface area contributed by atoms with Crippen LogP contribution < -0.4 is 5.73 Å². The molecule has 0 saturated carbocycles. The Bertz CT molecular complexity index is 606. The van der Waals surface area contributed by atoms with Gasteiger partial charge in [0.1, 0.15) is 5.82 Å². The van der Waals surface area contributed by atoms with E-state index in [9.17, 15) is 4.39 Å². The maximum atomic E-state index is 14.0. The Hall–Kier alpha value is -1.67. The van der Waals surface area contributed by atoms with Gasteiger partial charge in [0.25, 0.3) is 0 Å². The largest absolute Gasteiger partial charge is 0.321 e. The summed E-state index contributed by atoms with van der Waals surface area (Å²) in [6.45, 7) is 8.16. The van der Waals surface area contributed by atoms with Crippen molar-refractivity contribution >= 4 is 0 Å².